The fourth-order valence-electron chi connectivity index (χ4n) is 3.57. The maximum absolute atomic E-state index is 13.1. The van der Waals surface area contributed by atoms with E-state index in [1.54, 1.807) is 61.7 Å². The molecule has 1 N–H and O–H groups in total. The van der Waals surface area contributed by atoms with E-state index in [9.17, 15) is 4.79 Å². The summed E-state index contributed by atoms with van der Waals surface area (Å²) >= 11 is 17.8. The van der Waals surface area contributed by atoms with Gasteiger partial charge in [-0.25, -0.2) is 0 Å². The molecule has 4 rings (SSSR count). The van der Waals surface area contributed by atoms with E-state index in [0.29, 0.717) is 44.6 Å². The number of halogens is 2. The number of hydrogen-bond acceptors (Lipinski definition) is 5. The third-order valence-electron chi connectivity index (χ3n) is 5.19. The summed E-state index contributed by atoms with van der Waals surface area (Å²) < 4.78 is 16.8. The quantitative estimate of drug-likeness (QED) is 0.275. The Kier molecular flexibility index (Phi) is 7.80. The zero-order chi connectivity index (χ0) is 24.9. The molecule has 180 valence electrons. The number of nitrogens with zero attached hydrogens (tertiary/aromatic N) is 1. The highest BCUT2D eigenvalue weighted by Crippen LogP contribution is 2.34. The Morgan fingerprint density at radius 3 is 2.40 bits per heavy atom. The third-order valence-corrected chi connectivity index (χ3v) is 6.07. The number of hydrogen-bond donors (Lipinski definition) is 1. The van der Waals surface area contributed by atoms with Crippen LogP contribution in [0.4, 0.5) is 5.69 Å². The predicted molar refractivity (Wildman–Crippen MR) is 143 cm³/mol. The van der Waals surface area contributed by atoms with Crippen molar-refractivity contribution in [3.05, 3.63) is 87.5 Å². The van der Waals surface area contributed by atoms with Crippen LogP contribution >= 0.6 is 35.4 Å². The van der Waals surface area contributed by atoms with Crippen LogP contribution in [0.1, 0.15) is 18.1 Å². The molecule has 0 unspecified atom stereocenters. The lowest BCUT2D eigenvalue weighted by Crippen LogP contribution is -2.30. The summed E-state index contributed by atoms with van der Waals surface area (Å²) in [5.74, 6) is 1.50. The molecule has 9 heteroatoms. The Hall–Kier alpha value is -3.26. The number of anilines is 1. The summed E-state index contributed by atoms with van der Waals surface area (Å²) in [6.45, 7) is 2.65. The molecule has 0 atom stereocenters. The second kappa shape index (κ2) is 11.0. The van der Waals surface area contributed by atoms with Crippen molar-refractivity contribution in [2.45, 2.75) is 13.5 Å². The zero-order valence-corrected chi connectivity index (χ0v) is 21.3. The molecule has 3 aromatic rings. The Morgan fingerprint density at radius 2 is 1.74 bits per heavy atom. The minimum Gasteiger partial charge on any atom is -0.496 e. The van der Waals surface area contributed by atoms with Gasteiger partial charge in [-0.1, -0.05) is 35.3 Å². The van der Waals surface area contributed by atoms with Crippen LogP contribution in [-0.2, 0) is 11.4 Å². The number of amides is 1. The molecule has 1 amide bonds. The Labute approximate surface area is 219 Å². The monoisotopic (exact) mass is 528 g/mol. The van der Waals surface area contributed by atoms with Gasteiger partial charge in [0.25, 0.3) is 5.91 Å². The van der Waals surface area contributed by atoms with E-state index >= 15 is 0 Å². The van der Waals surface area contributed by atoms with Crippen molar-refractivity contribution in [3.63, 3.8) is 0 Å². The number of ether oxygens (including phenoxy) is 3. The summed E-state index contributed by atoms with van der Waals surface area (Å²) in [6, 6.07) is 17.9. The second-order valence-corrected chi connectivity index (χ2v) is 8.67. The molecular weight excluding hydrogens is 507 g/mol. The molecule has 0 bridgehead atoms. The predicted octanol–water partition coefficient (Wildman–Crippen LogP) is 6.24. The topological polar surface area (TPSA) is 60.0 Å². The SMILES string of the molecule is CCOc1ccc(N2C(=O)/C(=C\c3ccc(OC)c(COc4c(Cl)cccc4Cl)c3)NC2=S)cc1. The van der Waals surface area contributed by atoms with E-state index in [1.165, 1.54) is 4.90 Å². The number of rotatable bonds is 8. The van der Waals surface area contributed by atoms with Gasteiger partial charge in [-0.05, 0) is 79.3 Å². The van der Waals surface area contributed by atoms with Gasteiger partial charge in [0, 0.05) is 5.56 Å². The van der Waals surface area contributed by atoms with Crippen molar-refractivity contribution in [2.24, 2.45) is 0 Å². The lowest BCUT2D eigenvalue weighted by Gasteiger charge is -2.14. The van der Waals surface area contributed by atoms with Gasteiger partial charge in [-0.2, -0.15) is 0 Å². The van der Waals surface area contributed by atoms with E-state index in [0.717, 1.165) is 16.9 Å². The number of methoxy groups -OCH3 is 1. The maximum Gasteiger partial charge on any atom is 0.281 e. The molecule has 1 fully saturated rings. The minimum atomic E-state index is -0.254. The van der Waals surface area contributed by atoms with Crippen molar-refractivity contribution in [1.29, 1.82) is 0 Å². The Morgan fingerprint density at radius 1 is 1.03 bits per heavy atom. The van der Waals surface area contributed by atoms with Gasteiger partial charge >= 0.3 is 0 Å². The highest BCUT2D eigenvalue weighted by molar-refractivity contribution is 7.80. The fraction of sp³-hybridized carbons (Fsp3) is 0.154. The van der Waals surface area contributed by atoms with Gasteiger partial charge in [0.1, 0.15) is 23.8 Å². The van der Waals surface area contributed by atoms with Gasteiger partial charge in [0.15, 0.2) is 10.9 Å². The molecule has 0 spiro atoms. The smallest absolute Gasteiger partial charge is 0.281 e. The Bertz CT molecular complexity index is 1270. The highest BCUT2D eigenvalue weighted by atomic mass is 35.5. The first kappa shape index (κ1) is 24.9. The second-order valence-electron chi connectivity index (χ2n) is 7.47. The van der Waals surface area contributed by atoms with Gasteiger partial charge in [0.2, 0.25) is 0 Å². The summed E-state index contributed by atoms with van der Waals surface area (Å²) in [5, 5.41) is 4.13. The van der Waals surface area contributed by atoms with Crippen LogP contribution in [0, 0.1) is 0 Å². The number of benzene rings is 3. The van der Waals surface area contributed by atoms with Crippen molar-refractivity contribution in [2.75, 3.05) is 18.6 Å². The first-order chi connectivity index (χ1) is 16.9. The van der Waals surface area contributed by atoms with Crippen molar-refractivity contribution in [3.8, 4) is 17.2 Å². The van der Waals surface area contributed by atoms with Crippen molar-refractivity contribution in [1.82, 2.24) is 5.32 Å². The average Bonchev–Trinajstić information content (AvgIpc) is 3.12. The van der Waals surface area contributed by atoms with Crippen LogP contribution in [-0.4, -0.2) is 24.7 Å². The highest BCUT2D eigenvalue weighted by Gasteiger charge is 2.32. The molecule has 3 aromatic carbocycles. The van der Waals surface area contributed by atoms with Gasteiger partial charge in [-0.15, -0.1) is 0 Å². The summed E-state index contributed by atoms with van der Waals surface area (Å²) in [6.07, 6.45) is 1.73. The Balaban J connectivity index is 1.56. The molecule has 35 heavy (non-hydrogen) atoms. The van der Waals surface area contributed by atoms with Gasteiger partial charge in [-0.3, -0.25) is 9.69 Å². The van der Waals surface area contributed by atoms with Gasteiger partial charge < -0.3 is 19.5 Å². The molecule has 1 heterocycles. The number of para-hydroxylation sites is 1. The minimum absolute atomic E-state index is 0.168. The summed E-state index contributed by atoms with van der Waals surface area (Å²) in [5.41, 5.74) is 2.53. The number of nitrogens with one attached hydrogen (secondary N) is 1. The molecule has 1 saturated heterocycles. The standard InChI is InChI=1S/C26H22Cl2N2O4S/c1-3-33-19-10-8-18(9-11-19)30-25(31)22(29-26(30)35)14-16-7-12-23(32-2)17(13-16)15-34-24-20(27)5-4-6-21(24)28/h4-14H,3,15H2,1-2H3,(H,29,35)/b22-14+. The lowest BCUT2D eigenvalue weighted by molar-refractivity contribution is -0.113. The molecule has 1 aliphatic rings. The van der Waals surface area contributed by atoms with Crippen LogP contribution in [0.25, 0.3) is 6.08 Å². The lowest BCUT2D eigenvalue weighted by atomic mass is 10.1. The van der Waals surface area contributed by atoms with E-state index < -0.39 is 0 Å². The van der Waals surface area contributed by atoms with E-state index in [-0.39, 0.29) is 12.5 Å². The van der Waals surface area contributed by atoms with Crippen LogP contribution < -0.4 is 24.4 Å². The van der Waals surface area contributed by atoms with Crippen LogP contribution in [0.2, 0.25) is 10.0 Å². The first-order valence-electron chi connectivity index (χ1n) is 10.7. The normalized spacial score (nSPS) is 14.3. The van der Waals surface area contributed by atoms with Crippen LogP contribution in [0.5, 0.6) is 17.2 Å². The molecule has 0 aliphatic carbocycles. The van der Waals surface area contributed by atoms with E-state index in [4.69, 9.17) is 49.6 Å². The fourth-order valence-corrected chi connectivity index (χ4v) is 4.37. The zero-order valence-electron chi connectivity index (χ0n) is 19.0. The molecule has 6 nitrogen and oxygen atoms in total. The van der Waals surface area contributed by atoms with Crippen LogP contribution in [0.15, 0.2) is 66.4 Å². The molecule has 1 aliphatic heterocycles. The molecule has 0 aromatic heterocycles. The summed E-state index contributed by atoms with van der Waals surface area (Å²) in [7, 11) is 1.58. The average molecular weight is 529 g/mol. The summed E-state index contributed by atoms with van der Waals surface area (Å²) in [4.78, 5) is 14.6. The van der Waals surface area contributed by atoms with Crippen molar-refractivity contribution >= 4 is 58.2 Å². The molecule has 0 saturated carbocycles. The van der Waals surface area contributed by atoms with Gasteiger partial charge in [0.05, 0.1) is 29.4 Å². The first-order valence-corrected chi connectivity index (χ1v) is 11.9. The number of thiocarbonyl (C=S) groups is 1. The van der Waals surface area contributed by atoms with Crippen LogP contribution in [0.3, 0.4) is 0 Å². The molecular formula is C26H22Cl2N2O4S. The molecule has 0 radical (unpaired) electrons. The number of carbonyl (C=O) groups excluding carboxylic acids is 1. The number of carbonyl (C=O) groups is 1. The van der Waals surface area contributed by atoms with E-state index in [1.807, 2.05) is 19.1 Å². The van der Waals surface area contributed by atoms with E-state index in [2.05, 4.69) is 5.32 Å². The van der Waals surface area contributed by atoms with Crippen molar-refractivity contribution < 1.29 is 19.0 Å². The largest absolute Gasteiger partial charge is 0.496 e. The third kappa shape index (κ3) is 5.53. The maximum atomic E-state index is 13.1.